The SMILES string of the molecule is O=C(O)[C@H]1CCCN1C(=O)COC1(OCC(=O)N2CCC[C@@H]2C(=O)O)CC=CC=C1c1ccccc1. The second-order valence-corrected chi connectivity index (χ2v) is 9.08. The summed E-state index contributed by atoms with van der Waals surface area (Å²) in [4.78, 5) is 51.6. The van der Waals surface area contributed by atoms with Gasteiger partial charge in [-0.3, -0.25) is 9.59 Å². The molecular formula is C26H30N2O8. The van der Waals surface area contributed by atoms with Crippen molar-refractivity contribution >= 4 is 29.3 Å². The molecular weight excluding hydrogens is 468 g/mol. The quantitative estimate of drug-likeness (QED) is 0.493. The van der Waals surface area contributed by atoms with Crippen molar-refractivity contribution in [3.63, 3.8) is 0 Å². The first kappa shape index (κ1) is 25.6. The molecule has 10 nitrogen and oxygen atoms in total. The molecule has 2 atom stereocenters. The molecule has 2 N–H and O–H groups in total. The predicted molar refractivity (Wildman–Crippen MR) is 128 cm³/mol. The second-order valence-electron chi connectivity index (χ2n) is 9.08. The van der Waals surface area contributed by atoms with Gasteiger partial charge in [0.2, 0.25) is 11.8 Å². The van der Waals surface area contributed by atoms with Gasteiger partial charge < -0.3 is 29.5 Å². The third-order valence-electron chi connectivity index (χ3n) is 6.85. The van der Waals surface area contributed by atoms with E-state index >= 15 is 0 Å². The minimum atomic E-state index is -1.49. The van der Waals surface area contributed by atoms with E-state index in [1.165, 1.54) is 9.80 Å². The normalized spacial score (nSPS) is 22.9. The number of allylic oxidation sites excluding steroid dienone is 2. The lowest BCUT2D eigenvalue weighted by Gasteiger charge is -2.37. The summed E-state index contributed by atoms with van der Waals surface area (Å²) in [5, 5.41) is 18.9. The highest BCUT2D eigenvalue weighted by Gasteiger charge is 2.42. The van der Waals surface area contributed by atoms with Crippen molar-refractivity contribution in [2.24, 2.45) is 0 Å². The number of carboxylic acid groups (broad SMARTS) is 2. The number of rotatable bonds is 9. The van der Waals surface area contributed by atoms with E-state index in [1.807, 2.05) is 36.4 Å². The monoisotopic (exact) mass is 498 g/mol. The molecule has 2 aliphatic heterocycles. The highest BCUT2D eigenvalue weighted by Crippen LogP contribution is 2.38. The van der Waals surface area contributed by atoms with Crippen molar-refractivity contribution in [1.82, 2.24) is 9.80 Å². The van der Waals surface area contributed by atoms with Crippen molar-refractivity contribution in [1.29, 1.82) is 0 Å². The lowest BCUT2D eigenvalue weighted by molar-refractivity contribution is -0.204. The molecule has 0 bridgehead atoms. The summed E-state index contributed by atoms with van der Waals surface area (Å²) in [5.74, 6) is -4.54. The number of carbonyl (C=O) groups is 4. The summed E-state index contributed by atoms with van der Waals surface area (Å²) in [5.41, 5.74) is 1.38. The van der Waals surface area contributed by atoms with Crippen LogP contribution in [0.3, 0.4) is 0 Å². The van der Waals surface area contributed by atoms with Crippen LogP contribution in [0.5, 0.6) is 0 Å². The summed E-state index contributed by atoms with van der Waals surface area (Å²) in [6.45, 7) is -0.203. The Balaban J connectivity index is 1.55. The average molecular weight is 499 g/mol. The van der Waals surface area contributed by atoms with Gasteiger partial charge in [0.05, 0.1) is 0 Å². The number of likely N-dealkylation sites (tertiary alicyclic amines) is 2. The van der Waals surface area contributed by atoms with Gasteiger partial charge in [-0.1, -0.05) is 48.6 Å². The van der Waals surface area contributed by atoms with Crippen molar-refractivity contribution in [3.8, 4) is 0 Å². The molecule has 3 aliphatic rings. The molecule has 2 saturated heterocycles. The smallest absolute Gasteiger partial charge is 0.326 e. The summed E-state index contributed by atoms with van der Waals surface area (Å²) in [7, 11) is 0. The van der Waals surface area contributed by atoms with E-state index < -0.39 is 54.8 Å². The number of hydrogen-bond acceptors (Lipinski definition) is 6. The van der Waals surface area contributed by atoms with E-state index in [9.17, 15) is 29.4 Å². The Kier molecular flexibility index (Phi) is 7.85. The number of aliphatic carboxylic acids is 2. The van der Waals surface area contributed by atoms with Crippen molar-refractivity contribution in [3.05, 3.63) is 54.1 Å². The number of carbonyl (C=O) groups excluding carboxylic acids is 2. The molecule has 36 heavy (non-hydrogen) atoms. The Morgan fingerprint density at radius 3 is 1.89 bits per heavy atom. The molecule has 0 saturated carbocycles. The zero-order valence-electron chi connectivity index (χ0n) is 19.9. The Morgan fingerprint density at radius 2 is 1.39 bits per heavy atom. The third-order valence-corrected chi connectivity index (χ3v) is 6.85. The first-order chi connectivity index (χ1) is 17.3. The van der Waals surface area contributed by atoms with E-state index in [-0.39, 0.29) is 6.42 Å². The Morgan fingerprint density at radius 1 is 0.861 bits per heavy atom. The Bertz CT molecular complexity index is 1020. The van der Waals surface area contributed by atoms with E-state index in [1.54, 1.807) is 12.2 Å². The van der Waals surface area contributed by atoms with Crippen LogP contribution in [0.1, 0.15) is 37.7 Å². The van der Waals surface area contributed by atoms with Crippen LogP contribution in [0.2, 0.25) is 0 Å². The highest BCUT2D eigenvalue weighted by molar-refractivity contribution is 5.86. The van der Waals surface area contributed by atoms with E-state index in [0.29, 0.717) is 44.3 Å². The summed E-state index contributed by atoms with van der Waals surface area (Å²) < 4.78 is 12.2. The molecule has 1 aromatic rings. The molecule has 4 rings (SSSR count). The fourth-order valence-electron chi connectivity index (χ4n) is 5.04. The summed E-state index contributed by atoms with van der Waals surface area (Å²) in [6, 6.07) is 7.49. The number of ether oxygens (including phenoxy) is 2. The number of nitrogens with zero attached hydrogens (tertiary/aromatic N) is 2. The topological polar surface area (TPSA) is 134 Å². The fraction of sp³-hybridized carbons (Fsp3) is 0.462. The van der Waals surface area contributed by atoms with Crippen LogP contribution in [0.25, 0.3) is 5.57 Å². The maximum Gasteiger partial charge on any atom is 0.326 e. The zero-order chi connectivity index (χ0) is 25.7. The van der Waals surface area contributed by atoms with Crippen molar-refractivity contribution in [2.45, 2.75) is 50.0 Å². The highest BCUT2D eigenvalue weighted by atomic mass is 16.7. The molecule has 2 heterocycles. The van der Waals surface area contributed by atoms with Gasteiger partial charge in [0.25, 0.3) is 0 Å². The summed E-state index contributed by atoms with van der Waals surface area (Å²) >= 11 is 0. The standard InChI is InChI=1S/C26H30N2O8/c29-22(27-14-6-11-20(27)24(31)32)16-35-26(13-5-4-10-19(26)18-8-2-1-3-9-18)36-17-23(30)28-15-7-12-21(28)25(33)34/h1-5,8-10,20-21H,6-7,11-17H2,(H,31,32)(H,33,34)/t20-,21-/m1/s1. The zero-order valence-corrected chi connectivity index (χ0v) is 19.9. The number of hydrogen-bond donors (Lipinski definition) is 2. The Hall–Kier alpha value is -3.50. The van der Waals surface area contributed by atoms with Crippen LogP contribution in [-0.2, 0) is 28.7 Å². The molecule has 0 radical (unpaired) electrons. The molecule has 0 unspecified atom stereocenters. The maximum atomic E-state index is 13.0. The van der Waals surface area contributed by atoms with Crippen LogP contribution in [0.4, 0.5) is 0 Å². The predicted octanol–water partition coefficient (Wildman–Crippen LogP) is 1.91. The molecule has 1 aliphatic carbocycles. The van der Waals surface area contributed by atoms with Crippen LogP contribution in [0.15, 0.2) is 48.6 Å². The molecule has 192 valence electrons. The molecule has 1 aromatic carbocycles. The minimum absolute atomic E-state index is 0.207. The molecule has 0 spiro atoms. The van der Waals surface area contributed by atoms with Gasteiger partial charge in [-0.25, -0.2) is 9.59 Å². The van der Waals surface area contributed by atoms with Gasteiger partial charge in [-0.05, 0) is 31.2 Å². The minimum Gasteiger partial charge on any atom is -0.480 e. The lowest BCUT2D eigenvalue weighted by atomic mass is 9.91. The van der Waals surface area contributed by atoms with Gasteiger partial charge in [0, 0.05) is 25.1 Å². The van der Waals surface area contributed by atoms with Gasteiger partial charge in [0.1, 0.15) is 25.3 Å². The van der Waals surface area contributed by atoms with Crippen LogP contribution in [-0.4, -0.2) is 87.9 Å². The van der Waals surface area contributed by atoms with E-state index in [2.05, 4.69) is 0 Å². The van der Waals surface area contributed by atoms with Crippen LogP contribution in [0, 0.1) is 0 Å². The first-order valence-corrected chi connectivity index (χ1v) is 12.1. The number of carboxylic acids is 2. The average Bonchev–Trinajstić information content (AvgIpc) is 3.57. The van der Waals surface area contributed by atoms with E-state index in [0.717, 1.165) is 5.56 Å². The lowest BCUT2D eigenvalue weighted by Crippen LogP contribution is -2.48. The Labute approximate surface area is 208 Å². The fourth-order valence-corrected chi connectivity index (χ4v) is 5.04. The van der Waals surface area contributed by atoms with Gasteiger partial charge in [0.15, 0.2) is 5.79 Å². The van der Waals surface area contributed by atoms with E-state index in [4.69, 9.17) is 9.47 Å². The molecule has 2 amide bonds. The first-order valence-electron chi connectivity index (χ1n) is 12.1. The van der Waals surface area contributed by atoms with Gasteiger partial charge >= 0.3 is 11.9 Å². The molecule has 2 fully saturated rings. The van der Waals surface area contributed by atoms with Crippen molar-refractivity contribution < 1.29 is 38.9 Å². The number of amides is 2. The van der Waals surface area contributed by atoms with Gasteiger partial charge in [-0.2, -0.15) is 0 Å². The molecule has 0 aromatic heterocycles. The second kappa shape index (κ2) is 11.0. The van der Waals surface area contributed by atoms with Crippen LogP contribution >= 0.6 is 0 Å². The number of benzene rings is 1. The summed E-state index contributed by atoms with van der Waals surface area (Å²) in [6.07, 6.45) is 7.59. The largest absolute Gasteiger partial charge is 0.480 e. The van der Waals surface area contributed by atoms with Gasteiger partial charge in [-0.15, -0.1) is 0 Å². The van der Waals surface area contributed by atoms with Crippen LogP contribution < -0.4 is 0 Å². The maximum absolute atomic E-state index is 13.0. The molecule has 10 heteroatoms. The van der Waals surface area contributed by atoms with Crippen molar-refractivity contribution in [2.75, 3.05) is 26.3 Å². The third kappa shape index (κ3) is 5.34.